The fourth-order valence-corrected chi connectivity index (χ4v) is 1.03. The molecule has 0 saturated heterocycles. The first-order valence-electron chi connectivity index (χ1n) is 4.36. The van der Waals surface area contributed by atoms with Crippen LogP contribution in [-0.2, 0) is 9.59 Å². The third-order valence-corrected chi connectivity index (χ3v) is 1.70. The van der Waals surface area contributed by atoms with Crippen LogP contribution in [0.15, 0.2) is 24.3 Å². The van der Waals surface area contributed by atoms with E-state index in [-0.39, 0.29) is 11.8 Å². The van der Waals surface area contributed by atoms with Gasteiger partial charge in [0.2, 0.25) is 0 Å². The van der Waals surface area contributed by atoms with E-state index in [4.69, 9.17) is 0 Å². The van der Waals surface area contributed by atoms with Crippen LogP contribution in [0.1, 0.15) is 6.42 Å². The molecule has 4 N–H and O–H groups in total. The summed E-state index contributed by atoms with van der Waals surface area (Å²) in [5, 5.41) is 3.36. The van der Waals surface area contributed by atoms with Crippen LogP contribution in [-0.4, -0.2) is 24.9 Å². The number of hydrogen-bond acceptors (Lipinski definition) is 2. The van der Waals surface area contributed by atoms with Crippen LogP contribution >= 0.6 is 0 Å². The first-order valence-corrected chi connectivity index (χ1v) is 4.36. The summed E-state index contributed by atoms with van der Waals surface area (Å²) in [5.41, 5.74) is 0. The Morgan fingerprint density at radius 2 is 1.69 bits per heavy atom. The normalized spacial score (nSPS) is 20.0. The van der Waals surface area contributed by atoms with Gasteiger partial charge in [0.05, 0.1) is 6.54 Å². The molecule has 4 heteroatoms. The summed E-state index contributed by atoms with van der Waals surface area (Å²) in [6.45, 7) is 1.76. The Balaban J connectivity index is 0.000000132. The molecule has 0 fully saturated rings. The largest absolute Gasteiger partial charge is 0.335 e. The van der Waals surface area contributed by atoms with Gasteiger partial charge in [-0.15, -0.1) is 0 Å². The number of carbonyl (C=O) groups excluding carboxylic acids is 2. The van der Waals surface area contributed by atoms with E-state index in [0.29, 0.717) is 0 Å². The lowest BCUT2D eigenvalue weighted by molar-refractivity contribution is -0.565. The highest BCUT2D eigenvalue weighted by Gasteiger charge is 2.02. The molecule has 2 amide bonds. The van der Waals surface area contributed by atoms with Crippen molar-refractivity contribution in [2.45, 2.75) is 6.42 Å². The maximum absolute atomic E-state index is 10.3. The van der Waals surface area contributed by atoms with Gasteiger partial charge in [-0.2, -0.15) is 0 Å². The van der Waals surface area contributed by atoms with Crippen LogP contribution in [0.25, 0.3) is 0 Å². The molecular formula is C9H14N2O2+2. The zero-order chi connectivity index (χ0) is 9.52. The summed E-state index contributed by atoms with van der Waals surface area (Å²) in [4.78, 5) is 20.4. The lowest BCUT2D eigenvalue weighted by Gasteiger charge is -1.96. The standard InChI is InChI=1S/C5H7NO.C4H5NO/c7-5-3-1-2-4-6-5;6-4-2-1-3-5-4/h1,3H,2,4H2,(H,6,7);1-2H,3H2,(H,5,6)/p+2. The van der Waals surface area contributed by atoms with Crippen molar-refractivity contribution in [3.63, 3.8) is 0 Å². The smallest absolute Gasteiger partial charge is 0.279 e. The van der Waals surface area contributed by atoms with Crippen LogP contribution in [0.2, 0.25) is 0 Å². The van der Waals surface area contributed by atoms with Crippen molar-refractivity contribution in [1.29, 1.82) is 0 Å². The zero-order valence-corrected chi connectivity index (χ0v) is 7.40. The molecule has 13 heavy (non-hydrogen) atoms. The molecule has 0 bridgehead atoms. The SMILES string of the molecule is O=C1C=CCC[NH2+]1.O=C1C=CC[NH2+]1. The van der Waals surface area contributed by atoms with E-state index in [1.165, 1.54) is 0 Å². The number of hydrogen-bond donors (Lipinski definition) is 2. The summed E-state index contributed by atoms with van der Waals surface area (Å²) < 4.78 is 0. The van der Waals surface area contributed by atoms with Gasteiger partial charge >= 0.3 is 11.8 Å². The van der Waals surface area contributed by atoms with Crippen molar-refractivity contribution >= 4 is 11.8 Å². The molecule has 4 nitrogen and oxygen atoms in total. The van der Waals surface area contributed by atoms with Crippen molar-refractivity contribution < 1.29 is 20.2 Å². The topological polar surface area (TPSA) is 67.4 Å². The van der Waals surface area contributed by atoms with Crippen molar-refractivity contribution in [2.24, 2.45) is 0 Å². The summed E-state index contributed by atoms with van der Waals surface area (Å²) in [7, 11) is 0. The molecule has 0 aromatic carbocycles. The molecule has 0 aliphatic carbocycles. The second kappa shape index (κ2) is 5.40. The Morgan fingerprint density at radius 1 is 1.00 bits per heavy atom. The molecule has 2 aliphatic heterocycles. The molecule has 0 radical (unpaired) electrons. The van der Waals surface area contributed by atoms with Crippen LogP contribution < -0.4 is 10.6 Å². The van der Waals surface area contributed by atoms with E-state index in [2.05, 4.69) is 0 Å². The van der Waals surface area contributed by atoms with E-state index < -0.39 is 0 Å². The first-order chi connectivity index (χ1) is 6.29. The van der Waals surface area contributed by atoms with Gasteiger partial charge in [0.25, 0.3) is 0 Å². The van der Waals surface area contributed by atoms with E-state index in [0.717, 1.165) is 19.5 Å². The molecule has 2 aliphatic rings. The molecule has 0 saturated carbocycles. The highest BCUT2D eigenvalue weighted by Crippen LogP contribution is 1.79. The minimum Gasteiger partial charge on any atom is -0.279 e. The third-order valence-electron chi connectivity index (χ3n) is 1.70. The van der Waals surface area contributed by atoms with E-state index in [9.17, 15) is 9.59 Å². The van der Waals surface area contributed by atoms with Gasteiger partial charge in [-0.05, 0) is 6.08 Å². The summed E-state index contributed by atoms with van der Waals surface area (Å²) in [5.74, 6) is 0.307. The second-order valence-corrected chi connectivity index (χ2v) is 2.83. The Labute approximate surface area is 76.7 Å². The third kappa shape index (κ3) is 4.35. The summed E-state index contributed by atoms with van der Waals surface area (Å²) >= 11 is 0. The minimum absolute atomic E-state index is 0.148. The Morgan fingerprint density at radius 3 is 1.92 bits per heavy atom. The number of quaternary nitrogens is 2. The number of nitrogens with two attached hydrogens (primary N) is 2. The van der Waals surface area contributed by atoms with Crippen molar-refractivity contribution in [2.75, 3.05) is 13.1 Å². The van der Waals surface area contributed by atoms with Crippen molar-refractivity contribution in [1.82, 2.24) is 0 Å². The highest BCUT2D eigenvalue weighted by molar-refractivity contribution is 5.80. The van der Waals surface area contributed by atoms with Gasteiger partial charge in [0.1, 0.15) is 6.54 Å². The van der Waals surface area contributed by atoms with E-state index >= 15 is 0 Å². The van der Waals surface area contributed by atoms with Gasteiger partial charge in [0.15, 0.2) is 0 Å². The average Bonchev–Trinajstić information content (AvgIpc) is 2.58. The predicted molar refractivity (Wildman–Crippen MR) is 46.5 cm³/mol. The Hall–Kier alpha value is -1.26. The highest BCUT2D eigenvalue weighted by atomic mass is 16.2. The summed E-state index contributed by atoms with van der Waals surface area (Å²) in [6.07, 6.45) is 7.99. The number of amides is 2. The quantitative estimate of drug-likeness (QED) is 0.442. The predicted octanol–water partition coefficient (Wildman–Crippen LogP) is -2.32. The van der Waals surface area contributed by atoms with Gasteiger partial charge in [-0.3, -0.25) is 10.6 Å². The monoisotopic (exact) mass is 182 g/mol. The molecule has 0 atom stereocenters. The summed E-state index contributed by atoms with van der Waals surface area (Å²) in [6, 6.07) is 0. The molecule has 2 heterocycles. The molecule has 0 unspecified atom stereocenters. The lowest BCUT2D eigenvalue weighted by Crippen LogP contribution is -2.88. The van der Waals surface area contributed by atoms with Gasteiger partial charge in [0, 0.05) is 18.6 Å². The van der Waals surface area contributed by atoms with Crippen LogP contribution in [0.4, 0.5) is 0 Å². The fraction of sp³-hybridized carbons (Fsp3) is 0.333. The molecule has 70 valence electrons. The lowest BCUT2D eigenvalue weighted by atomic mass is 10.3. The maximum Gasteiger partial charge on any atom is 0.335 e. The van der Waals surface area contributed by atoms with Crippen LogP contribution in [0.5, 0.6) is 0 Å². The number of carbonyl (C=O) groups is 2. The average molecular weight is 182 g/mol. The molecule has 0 spiro atoms. The second-order valence-electron chi connectivity index (χ2n) is 2.83. The maximum atomic E-state index is 10.3. The molecule has 0 aromatic rings. The fourth-order valence-electron chi connectivity index (χ4n) is 1.03. The van der Waals surface area contributed by atoms with Crippen LogP contribution in [0.3, 0.4) is 0 Å². The van der Waals surface area contributed by atoms with E-state index in [1.807, 2.05) is 12.2 Å². The molecular weight excluding hydrogens is 168 g/mol. The zero-order valence-electron chi connectivity index (χ0n) is 7.40. The van der Waals surface area contributed by atoms with Gasteiger partial charge < -0.3 is 0 Å². The first kappa shape index (κ1) is 9.83. The minimum atomic E-state index is 0.148. The number of rotatable bonds is 0. The van der Waals surface area contributed by atoms with Gasteiger partial charge in [-0.1, -0.05) is 6.08 Å². The van der Waals surface area contributed by atoms with Crippen molar-refractivity contribution in [3.8, 4) is 0 Å². The van der Waals surface area contributed by atoms with Crippen LogP contribution in [0, 0.1) is 0 Å². The Kier molecular flexibility index (Phi) is 4.08. The van der Waals surface area contributed by atoms with E-state index in [1.54, 1.807) is 22.8 Å². The molecule has 0 aromatic heterocycles. The number of primary amides is 2. The van der Waals surface area contributed by atoms with Crippen molar-refractivity contribution in [3.05, 3.63) is 24.3 Å². The molecule has 2 rings (SSSR count). The van der Waals surface area contributed by atoms with Gasteiger partial charge in [-0.25, -0.2) is 9.59 Å². The Bertz CT molecular complexity index is 256.